The van der Waals surface area contributed by atoms with Crippen molar-refractivity contribution in [1.29, 1.82) is 0 Å². The Morgan fingerprint density at radius 2 is 1.87 bits per heavy atom. The van der Waals surface area contributed by atoms with Gasteiger partial charge in [0.1, 0.15) is 6.17 Å². The van der Waals surface area contributed by atoms with Crippen molar-refractivity contribution < 1.29 is 14.5 Å². The zero-order valence-corrected chi connectivity index (χ0v) is 17.9. The summed E-state index contributed by atoms with van der Waals surface area (Å²) >= 11 is 0. The average Bonchev–Trinajstić information content (AvgIpc) is 3.05. The molecule has 0 aromatic heterocycles. The Labute approximate surface area is 178 Å². The highest BCUT2D eigenvalue weighted by Gasteiger charge is 2.35. The first-order valence-electron chi connectivity index (χ1n) is 11.0. The summed E-state index contributed by atoms with van der Waals surface area (Å²) in [5.74, 6) is 0.149. The van der Waals surface area contributed by atoms with Crippen LogP contribution in [0.4, 0.5) is 5.69 Å². The van der Waals surface area contributed by atoms with E-state index in [1.807, 2.05) is 58.3 Å². The maximum atomic E-state index is 13.0. The standard InChI is InChI=1S/C24H30N4O2/c1-3-12-28-22(20-10-5-6-11-21(20)24(28)30)25-19-9-7-8-18(17-19)23(29)27-15-13-26(4-2)14-16-27/h5-11,17,22,25H,3-4,12-16H2,1-2H3/p+1/t22-/m0/s1. The molecule has 158 valence electrons. The fourth-order valence-electron chi connectivity index (χ4n) is 4.46. The first kappa shape index (κ1) is 20.4. The number of carbonyl (C=O) groups is 2. The summed E-state index contributed by atoms with van der Waals surface area (Å²) in [6, 6.07) is 15.4. The summed E-state index contributed by atoms with van der Waals surface area (Å²) in [7, 11) is 0. The number of piperazine rings is 1. The monoisotopic (exact) mass is 407 g/mol. The first-order chi connectivity index (χ1) is 14.6. The molecule has 4 rings (SSSR count). The molecule has 30 heavy (non-hydrogen) atoms. The van der Waals surface area contributed by atoms with E-state index in [0.29, 0.717) is 12.1 Å². The third kappa shape index (κ3) is 3.92. The molecule has 0 spiro atoms. The summed E-state index contributed by atoms with van der Waals surface area (Å²) in [4.78, 5) is 31.3. The van der Waals surface area contributed by atoms with Crippen LogP contribution in [0.15, 0.2) is 48.5 Å². The fourth-order valence-corrected chi connectivity index (χ4v) is 4.46. The molecule has 1 saturated heterocycles. The topological polar surface area (TPSA) is 57.1 Å². The number of carbonyl (C=O) groups excluding carboxylic acids is 2. The van der Waals surface area contributed by atoms with E-state index in [0.717, 1.165) is 56.0 Å². The van der Waals surface area contributed by atoms with Gasteiger partial charge in [0.15, 0.2) is 0 Å². The second-order valence-electron chi connectivity index (χ2n) is 8.11. The highest BCUT2D eigenvalue weighted by molar-refractivity contribution is 5.99. The first-order valence-corrected chi connectivity index (χ1v) is 11.0. The molecule has 0 unspecified atom stereocenters. The molecule has 2 amide bonds. The molecule has 1 fully saturated rings. The molecule has 6 heteroatoms. The molecule has 0 radical (unpaired) electrons. The Bertz CT molecular complexity index is 921. The van der Waals surface area contributed by atoms with E-state index in [9.17, 15) is 9.59 Å². The smallest absolute Gasteiger partial charge is 0.256 e. The van der Waals surface area contributed by atoms with E-state index < -0.39 is 0 Å². The minimum absolute atomic E-state index is 0.0634. The van der Waals surface area contributed by atoms with Gasteiger partial charge in [-0.1, -0.05) is 31.2 Å². The van der Waals surface area contributed by atoms with Crippen LogP contribution in [-0.2, 0) is 0 Å². The van der Waals surface area contributed by atoms with Crippen LogP contribution in [0.1, 0.15) is 52.7 Å². The largest absolute Gasteiger partial charge is 0.361 e. The lowest BCUT2D eigenvalue weighted by Gasteiger charge is -2.32. The molecule has 6 nitrogen and oxygen atoms in total. The predicted octanol–water partition coefficient (Wildman–Crippen LogP) is 2.02. The molecule has 2 heterocycles. The molecular weight excluding hydrogens is 376 g/mol. The van der Waals surface area contributed by atoms with E-state index in [-0.39, 0.29) is 18.0 Å². The lowest BCUT2D eigenvalue weighted by Crippen LogP contribution is -3.14. The van der Waals surface area contributed by atoms with Crippen molar-refractivity contribution >= 4 is 17.5 Å². The van der Waals surface area contributed by atoms with Gasteiger partial charge in [-0.25, -0.2) is 0 Å². The van der Waals surface area contributed by atoms with Gasteiger partial charge in [-0.15, -0.1) is 0 Å². The van der Waals surface area contributed by atoms with Crippen molar-refractivity contribution in [2.75, 3.05) is 44.6 Å². The van der Waals surface area contributed by atoms with Crippen molar-refractivity contribution in [3.05, 3.63) is 65.2 Å². The van der Waals surface area contributed by atoms with Crippen LogP contribution in [0.3, 0.4) is 0 Å². The minimum atomic E-state index is -0.212. The number of hydrogen-bond donors (Lipinski definition) is 2. The molecule has 2 aliphatic rings. The van der Waals surface area contributed by atoms with Crippen LogP contribution in [0, 0.1) is 0 Å². The molecule has 2 aliphatic heterocycles. The lowest BCUT2D eigenvalue weighted by molar-refractivity contribution is -0.902. The van der Waals surface area contributed by atoms with Crippen LogP contribution < -0.4 is 10.2 Å². The number of fused-ring (bicyclic) bond motifs is 1. The number of nitrogens with one attached hydrogen (secondary N) is 2. The maximum Gasteiger partial charge on any atom is 0.256 e. The second-order valence-corrected chi connectivity index (χ2v) is 8.11. The van der Waals surface area contributed by atoms with Gasteiger partial charge in [0.25, 0.3) is 11.8 Å². The van der Waals surface area contributed by atoms with Gasteiger partial charge in [0.05, 0.1) is 32.7 Å². The molecular formula is C24H31N4O2+. The third-order valence-corrected chi connectivity index (χ3v) is 6.19. The fraction of sp³-hybridized carbons (Fsp3) is 0.417. The number of rotatable bonds is 6. The van der Waals surface area contributed by atoms with Crippen LogP contribution >= 0.6 is 0 Å². The van der Waals surface area contributed by atoms with Gasteiger partial charge in [0, 0.05) is 28.9 Å². The van der Waals surface area contributed by atoms with Crippen molar-refractivity contribution in [2.45, 2.75) is 26.4 Å². The van der Waals surface area contributed by atoms with E-state index in [1.165, 1.54) is 0 Å². The molecule has 2 N–H and O–H groups in total. The van der Waals surface area contributed by atoms with Gasteiger partial charge < -0.3 is 20.0 Å². The summed E-state index contributed by atoms with van der Waals surface area (Å²) in [5.41, 5.74) is 3.30. The number of benzene rings is 2. The third-order valence-electron chi connectivity index (χ3n) is 6.19. The maximum absolute atomic E-state index is 13.0. The molecule has 0 aliphatic carbocycles. The molecule has 0 bridgehead atoms. The van der Waals surface area contributed by atoms with Gasteiger partial charge in [0.2, 0.25) is 0 Å². The zero-order chi connectivity index (χ0) is 21.1. The normalized spacial score (nSPS) is 19.1. The van der Waals surface area contributed by atoms with Gasteiger partial charge in [-0.3, -0.25) is 9.59 Å². The number of likely N-dealkylation sites (N-methyl/N-ethyl adjacent to an activating group) is 1. The quantitative estimate of drug-likeness (QED) is 0.770. The van der Waals surface area contributed by atoms with E-state index in [1.54, 1.807) is 4.90 Å². The van der Waals surface area contributed by atoms with E-state index >= 15 is 0 Å². The van der Waals surface area contributed by atoms with E-state index in [2.05, 4.69) is 19.2 Å². The number of hydrogen-bond acceptors (Lipinski definition) is 3. The molecule has 1 atom stereocenters. The van der Waals surface area contributed by atoms with Gasteiger partial charge in [-0.2, -0.15) is 0 Å². The number of quaternary nitrogens is 1. The van der Waals surface area contributed by atoms with Crippen LogP contribution in [-0.4, -0.2) is 60.9 Å². The molecule has 2 aromatic carbocycles. The number of amides is 2. The van der Waals surface area contributed by atoms with Gasteiger partial charge >= 0.3 is 0 Å². The average molecular weight is 408 g/mol. The van der Waals surface area contributed by atoms with Crippen molar-refractivity contribution in [3.8, 4) is 0 Å². The number of nitrogens with zero attached hydrogens (tertiary/aromatic N) is 2. The van der Waals surface area contributed by atoms with Crippen LogP contribution in [0.2, 0.25) is 0 Å². The van der Waals surface area contributed by atoms with Crippen molar-refractivity contribution in [2.24, 2.45) is 0 Å². The lowest BCUT2D eigenvalue weighted by atomic mass is 10.1. The summed E-state index contributed by atoms with van der Waals surface area (Å²) in [5, 5.41) is 3.51. The molecule has 2 aromatic rings. The Kier molecular flexibility index (Phi) is 6.04. The summed E-state index contributed by atoms with van der Waals surface area (Å²) in [6.45, 7) is 9.68. The predicted molar refractivity (Wildman–Crippen MR) is 118 cm³/mol. The highest BCUT2D eigenvalue weighted by atomic mass is 16.2. The Morgan fingerprint density at radius 1 is 1.10 bits per heavy atom. The Balaban J connectivity index is 1.53. The summed E-state index contributed by atoms with van der Waals surface area (Å²) < 4.78 is 0. The van der Waals surface area contributed by atoms with Crippen molar-refractivity contribution in [3.63, 3.8) is 0 Å². The Morgan fingerprint density at radius 3 is 2.60 bits per heavy atom. The van der Waals surface area contributed by atoms with E-state index in [4.69, 9.17) is 0 Å². The van der Waals surface area contributed by atoms with Gasteiger partial charge in [-0.05, 0) is 37.6 Å². The van der Waals surface area contributed by atoms with Crippen molar-refractivity contribution in [1.82, 2.24) is 9.80 Å². The van der Waals surface area contributed by atoms with Crippen LogP contribution in [0.25, 0.3) is 0 Å². The summed E-state index contributed by atoms with van der Waals surface area (Å²) in [6.07, 6.45) is 0.679. The second kappa shape index (κ2) is 8.88. The number of anilines is 1. The highest BCUT2D eigenvalue weighted by Crippen LogP contribution is 2.34. The zero-order valence-electron chi connectivity index (χ0n) is 17.9. The molecule has 0 saturated carbocycles. The van der Waals surface area contributed by atoms with Crippen LogP contribution in [0.5, 0.6) is 0 Å². The minimum Gasteiger partial charge on any atom is -0.361 e. The SMILES string of the molecule is CCCN1C(=O)c2ccccc2[C@H]1Nc1cccc(C(=O)N2CC[NH+](CC)CC2)c1. The Hall–Kier alpha value is -2.86.